The summed E-state index contributed by atoms with van der Waals surface area (Å²) >= 11 is 0. The molecule has 1 aliphatic rings. The van der Waals surface area contributed by atoms with Gasteiger partial charge in [-0.3, -0.25) is 4.99 Å². The van der Waals surface area contributed by atoms with Crippen molar-refractivity contribution in [3.05, 3.63) is 71.8 Å². The van der Waals surface area contributed by atoms with Crippen LogP contribution in [-0.2, 0) is 11.3 Å². The number of aliphatic carboxylic acids is 1. The Hall–Kier alpha value is -2.62. The third-order valence-electron chi connectivity index (χ3n) is 3.63. The van der Waals surface area contributed by atoms with Gasteiger partial charge in [0.05, 0.1) is 12.4 Å². The van der Waals surface area contributed by atoms with Gasteiger partial charge in [0.25, 0.3) is 0 Å². The molecule has 0 spiro atoms. The van der Waals surface area contributed by atoms with E-state index in [1.54, 1.807) is 6.34 Å². The predicted octanol–water partition coefficient (Wildman–Crippen LogP) is 2.73. The van der Waals surface area contributed by atoms with Gasteiger partial charge in [-0.25, -0.2) is 4.79 Å². The maximum Gasteiger partial charge on any atom is 0.331 e. The number of carbonyl (C=O) groups is 1. The second kappa shape index (κ2) is 5.79. The van der Waals surface area contributed by atoms with E-state index in [1.807, 2.05) is 65.6 Å². The molecule has 0 fully saturated rings. The maximum atomic E-state index is 11.4. The molecule has 4 heteroatoms. The number of rotatable bonds is 4. The third kappa shape index (κ3) is 2.79. The number of hydrogen-bond donors (Lipinski definition) is 1. The van der Waals surface area contributed by atoms with E-state index in [9.17, 15) is 9.90 Å². The van der Waals surface area contributed by atoms with Crippen molar-refractivity contribution in [3.63, 3.8) is 0 Å². The molecular formula is C17H16N2O2. The quantitative estimate of drug-likeness (QED) is 0.937. The smallest absolute Gasteiger partial charge is 0.331 e. The van der Waals surface area contributed by atoms with Crippen LogP contribution in [0.2, 0.25) is 0 Å². The fourth-order valence-corrected chi connectivity index (χ4v) is 2.65. The Labute approximate surface area is 123 Å². The number of nitrogens with zero attached hydrogens (tertiary/aromatic N) is 2. The zero-order valence-electron chi connectivity index (χ0n) is 11.5. The largest absolute Gasteiger partial charge is 0.480 e. The molecule has 0 aliphatic carbocycles. The molecule has 4 nitrogen and oxygen atoms in total. The lowest BCUT2D eigenvalue weighted by molar-refractivity contribution is -0.139. The number of hydrogen-bond acceptors (Lipinski definition) is 3. The van der Waals surface area contributed by atoms with Crippen molar-refractivity contribution in [1.29, 1.82) is 0 Å². The molecule has 2 unspecified atom stereocenters. The first-order valence-corrected chi connectivity index (χ1v) is 6.86. The minimum absolute atomic E-state index is 0.260. The molecule has 0 saturated heterocycles. The lowest BCUT2D eigenvalue weighted by atomic mass is 9.99. The van der Waals surface area contributed by atoms with Crippen molar-refractivity contribution in [3.8, 4) is 0 Å². The lowest BCUT2D eigenvalue weighted by Gasteiger charge is -2.27. The molecule has 0 amide bonds. The Kier molecular flexibility index (Phi) is 3.69. The van der Waals surface area contributed by atoms with E-state index in [0.29, 0.717) is 6.54 Å². The minimum Gasteiger partial charge on any atom is -0.480 e. The van der Waals surface area contributed by atoms with Gasteiger partial charge in [-0.05, 0) is 11.1 Å². The van der Waals surface area contributed by atoms with Gasteiger partial charge < -0.3 is 10.0 Å². The van der Waals surface area contributed by atoms with E-state index < -0.39 is 12.0 Å². The summed E-state index contributed by atoms with van der Waals surface area (Å²) in [4.78, 5) is 17.6. The normalized spacial score (nSPS) is 20.7. The first kappa shape index (κ1) is 13.4. The van der Waals surface area contributed by atoms with Gasteiger partial charge in [-0.1, -0.05) is 60.7 Å². The number of aliphatic imine (C=N–C) groups is 1. The summed E-state index contributed by atoms with van der Waals surface area (Å²) < 4.78 is 0. The molecule has 0 saturated carbocycles. The molecule has 1 aliphatic heterocycles. The van der Waals surface area contributed by atoms with Gasteiger partial charge in [0.1, 0.15) is 0 Å². The van der Waals surface area contributed by atoms with E-state index in [1.165, 1.54) is 0 Å². The van der Waals surface area contributed by atoms with Crippen LogP contribution >= 0.6 is 0 Å². The first-order chi connectivity index (χ1) is 10.3. The average molecular weight is 280 g/mol. The van der Waals surface area contributed by atoms with E-state index in [0.717, 1.165) is 11.1 Å². The highest BCUT2D eigenvalue weighted by molar-refractivity contribution is 5.80. The molecule has 106 valence electrons. The zero-order valence-corrected chi connectivity index (χ0v) is 11.5. The highest BCUT2D eigenvalue weighted by Crippen LogP contribution is 2.31. The monoisotopic (exact) mass is 280 g/mol. The van der Waals surface area contributed by atoms with Crippen molar-refractivity contribution in [2.24, 2.45) is 4.99 Å². The topological polar surface area (TPSA) is 52.9 Å². The van der Waals surface area contributed by atoms with Gasteiger partial charge in [0, 0.05) is 6.54 Å². The van der Waals surface area contributed by atoms with Crippen LogP contribution in [0.5, 0.6) is 0 Å². The summed E-state index contributed by atoms with van der Waals surface area (Å²) in [6, 6.07) is 18.7. The highest BCUT2D eigenvalue weighted by atomic mass is 16.4. The van der Waals surface area contributed by atoms with E-state index in [2.05, 4.69) is 4.99 Å². The molecule has 3 rings (SSSR count). The molecule has 0 aromatic heterocycles. The molecule has 1 N–H and O–H groups in total. The van der Waals surface area contributed by atoms with E-state index in [4.69, 9.17) is 0 Å². The fraction of sp³-hybridized carbons (Fsp3) is 0.176. The van der Waals surface area contributed by atoms with Gasteiger partial charge >= 0.3 is 5.97 Å². The average Bonchev–Trinajstić information content (AvgIpc) is 2.93. The standard InChI is InChI=1S/C17H16N2O2/c20-17(21)15-16(14-9-5-2-6-10-14)19(12-18-15)11-13-7-3-1-4-8-13/h1-10,12,15-16H,11H2,(H,20,21). The van der Waals surface area contributed by atoms with Gasteiger partial charge in [-0.2, -0.15) is 0 Å². The molecule has 2 aromatic carbocycles. The van der Waals surface area contributed by atoms with Gasteiger partial charge in [0.2, 0.25) is 0 Å². The fourth-order valence-electron chi connectivity index (χ4n) is 2.65. The first-order valence-electron chi connectivity index (χ1n) is 6.86. The molecular weight excluding hydrogens is 264 g/mol. The maximum absolute atomic E-state index is 11.4. The molecule has 0 bridgehead atoms. The Morgan fingerprint density at radius 2 is 1.67 bits per heavy atom. The lowest BCUT2D eigenvalue weighted by Crippen LogP contribution is -2.32. The summed E-state index contributed by atoms with van der Waals surface area (Å²) in [6.07, 6.45) is 1.66. The van der Waals surface area contributed by atoms with Crippen LogP contribution in [0.3, 0.4) is 0 Å². The van der Waals surface area contributed by atoms with Crippen LogP contribution in [0, 0.1) is 0 Å². The van der Waals surface area contributed by atoms with E-state index >= 15 is 0 Å². The van der Waals surface area contributed by atoms with E-state index in [-0.39, 0.29) is 6.04 Å². The predicted molar refractivity (Wildman–Crippen MR) is 81.1 cm³/mol. The van der Waals surface area contributed by atoms with Crippen molar-refractivity contribution in [2.75, 3.05) is 0 Å². The Morgan fingerprint density at radius 3 is 2.29 bits per heavy atom. The van der Waals surface area contributed by atoms with Crippen LogP contribution in [0.4, 0.5) is 0 Å². The minimum atomic E-state index is -0.893. The molecule has 2 aromatic rings. The van der Waals surface area contributed by atoms with Crippen LogP contribution in [0.15, 0.2) is 65.7 Å². The van der Waals surface area contributed by atoms with Crippen molar-refractivity contribution in [1.82, 2.24) is 4.90 Å². The molecule has 0 radical (unpaired) electrons. The Balaban J connectivity index is 1.89. The Bertz CT molecular complexity index is 640. The van der Waals surface area contributed by atoms with Crippen LogP contribution in [-0.4, -0.2) is 28.4 Å². The number of benzene rings is 2. The molecule has 21 heavy (non-hydrogen) atoms. The second-order valence-electron chi connectivity index (χ2n) is 5.06. The van der Waals surface area contributed by atoms with Crippen LogP contribution < -0.4 is 0 Å². The van der Waals surface area contributed by atoms with Gasteiger partial charge in [-0.15, -0.1) is 0 Å². The Morgan fingerprint density at radius 1 is 1.05 bits per heavy atom. The summed E-state index contributed by atoms with van der Waals surface area (Å²) in [5, 5.41) is 9.39. The third-order valence-corrected chi connectivity index (χ3v) is 3.63. The summed E-state index contributed by atoms with van der Waals surface area (Å²) in [5.74, 6) is -0.893. The van der Waals surface area contributed by atoms with Gasteiger partial charge in [0.15, 0.2) is 6.04 Å². The second-order valence-corrected chi connectivity index (χ2v) is 5.06. The van der Waals surface area contributed by atoms with Crippen molar-refractivity contribution < 1.29 is 9.90 Å². The SMILES string of the molecule is O=C(O)C1N=CN(Cc2ccccc2)C1c1ccccc1. The number of carboxylic acids is 1. The highest BCUT2D eigenvalue weighted by Gasteiger charge is 2.36. The van der Waals surface area contributed by atoms with Crippen LogP contribution in [0.25, 0.3) is 0 Å². The molecule has 1 heterocycles. The summed E-state index contributed by atoms with van der Waals surface area (Å²) in [7, 11) is 0. The summed E-state index contributed by atoms with van der Waals surface area (Å²) in [5.41, 5.74) is 2.11. The number of carboxylic acid groups (broad SMARTS) is 1. The zero-order chi connectivity index (χ0) is 14.7. The summed E-state index contributed by atoms with van der Waals surface area (Å²) in [6.45, 7) is 0.647. The van der Waals surface area contributed by atoms with Crippen molar-refractivity contribution in [2.45, 2.75) is 18.6 Å². The molecule has 2 atom stereocenters. The van der Waals surface area contributed by atoms with Crippen molar-refractivity contribution >= 4 is 12.3 Å². The van der Waals surface area contributed by atoms with Crippen LogP contribution in [0.1, 0.15) is 17.2 Å².